The van der Waals surface area contributed by atoms with E-state index in [4.69, 9.17) is 10.4 Å². The molecule has 0 heterocycles. The first-order chi connectivity index (χ1) is 7.65. The summed E-state index contributed by atoms with van der Waals surface area (Å²) < 4.78 is 0. The number of benzene rings is 1. The Morgan fingerprint density at radius 1 is 1.44 bits per heavy atom. The average Bonchev–Trinajstić information content (AvgIpc) is 2.28. The Morgan fingerprint density at radius 2 is 2.06 bits per heavy atom. The number of hydrogen-bond acceptors (Lipinski definition) is 3. The second-order valence-electron chi connectivity index (χ2n) is 3.24. The molecule has 0 fully saturated rings. The van der Waals surface area contributed by atoms with Gasteiger partial charge in [0, 0.05) is 6.54 Å². The van der Waals surface area contributed by atoms with Gasteiger partial charge in [0.05, 0.1) is 0 Å². The van der Waals surface area contributed by atoms with Crippen molar-refractivity contribution in [2.24, 2.45) is 0 Å². The van der Waals surface area contributed by atoms with Crippen molar-refractivity contribution in [1.82, 2.24) is 5.32 Å². The van der Waals surface area contributed by atoms with Crippen LogP contribution in [0.3, 0.4) is 0 Å². The van der Waals surface area contributed by atoms with E-state index in [9.17, 15) is 4.79 Å². The van der Waals surface area contributed by atoms with E-state index in [0.29, 0.717) is 6.54 Å². The minimum absolute atomic E-state index is 0.254. The molecule has 1 amide bonds. The highest BCUT2D eigenvalue weighted by atomic mass is 16.3. The third-order valence-corrected chi connectivity index (χ3v) is 2.00. The topological polar surface area (TPSA) is 73.1 Å². The van der Waals surface area contributed by atoms with Crippen molar-refractivity contribution in [2.75, 3.05) is 0 Å². The van der Waals surface area contributed by atoms with Crippen LogP contribution in [0.5, 0.6) is 0 Å². The summed E-state index contributed by atoms with van der Waals surface area (Å²) in [5, 5.41) is 20.3. The molecule has 0 aliphatic carbocycles. The standard InChI is InChI=1S/C12H12N2O2/c1-9(15)11(7-13)12(16)14-8-10-5-3-2-4-6-10/h2-6,15H,8H2,1H3,(H,14,16)/b11-9+. The predicted octanol–water partition coefficient (Wildman–Crippen LogP) is 1.66. The molecule has 1 aromatic carbocycles. The van der Waals surface area contributed by atoms with Crippen LogP contribution in [0.15, 0.2) is 41.7 Å². The van der Waals surface area contributed by atoms with Gasteiger partial charge in [-0.05, 0) is 12.5 Å². The predicted molar refractivity (Wildman–Crippen MR) is 59.2 cm³/mol. The van der Waals surface area contributed by atoms with Gasteiger partial charge < -0.3 is 10.4 Å². The van der Waals surface area contributed by atoms with Gasteiger partial charge in [-0.2, -0.15) is 5.26 Å². The van der Waals surface area contributed by atoms with Crippen molar-refractivity contribution < 1.29 is 9.90 Å². The largest absolute Gasteiger partial charge is 0.511 e. The molecule has 4 nitrogen and oxygen atoms in total. The fraction of sp³-hybridized carbons (Fsp3) is 0.167. The van der Waals surface area contributed by atoms with Gasteiger partial charge in [0.15, 0.2) is 5.57 Å². The Kier molecular flexibility index (Phi) is 4.10. The van der Waals surface area contributed by atoms with Crippen molar-refractivity contribution in [3.05, 3.63) is 47.2 Å². The average molecular weight is 216 g/mol. The zero-order valence-corrected chi connectivity index (χ0v) is 8.90. The number of nitrogens with one attached hydrogen (secondary N) is 1. The minimum atomic E-state index is -0.564. The van der Waals surface area contributed by atoms with Crippen LogP contribution in [0.25, 0.3) is 0 Å². The van der Waals surface area contributed by atoms with Crippen LogP contribution < -0.4 is 5.32 Å². The summed E-state index contributed by atoms with van der Waals surface area (Å²) in [6, 6.07) is 11.0. The monoisotopic (exact) mass is 216 g/mol. The van der Waals surface area contributed by atoms with Crippen LogP contribution in [-0.2, 0) is 11.3 Å². The molecule has 2 N–H and O–H groups in total. The number of nitrogens with zero attached hydrogens (tertiary/aromatic N) is 1. The van der Waals surface area contributed by atoms with E-state index in [0.717, 1.165) is 5.56 Å². The van der Waals surface area contributed by atoms with E-state index >= 15 is 0 Å². The molecular formula is C12H12N2O2. The summed E-state index contributed by atoms with van der Waals surface area (Å²) >= 11 is 0. The molecule has 0 unspecified atom stereocenters. The Labute approximate surface area is 93.8 Å². The van der Waals surface area contributed by atoms with Crippen molar-refractivity contribution in [3.8, 4) is 6.07 Å². The summed E-state index contributed by atoms with van der Waals surface area (Å²) in [4.78, 5) is 11.4. The van der Waals surface area contributed by atoms with Gasteiger partial charge in [-0.3, -0.25) is 4.79 Å². The number of rotatable bonds is 3. The third kappa shape index (κ3) is 3.14. The summed E-state index contributed by atoms with van der Waals surface area (Å²) in [6.45, 7) is 1.64. The minimum Gasteiger partial charge on any atom is -0.511 e. The van der Waals surface area contributed by atoms with Gasteiger partial charge >= 0.3 is 0 Å². The first-order valence-corrected chi connectivity index (χ1v) is 4.77. The number of aliphatic hydroxyl groups is 1. The molecule has 0 saturated carbocycles. The maximum Gasteiger partial charge on any atom is 0.265 e. The van der Waals surface area contributed by atoms with Crippen molar-refractivity contribution in [1.29, 1.82) is 5.26 Å². The quantitative estimate of drug-likeness (QED) is 0.458. The molecule has 4 heteroatoms. The molecule has 0 atom stereocenters. The Bertz CT molecular complexity index is 440. The zero-order chi connectivity index (χ0) is 12.0. The zero-order valence-electron chi connectivity index (χ0n) is 8.90. The second kappa shape index (κ2) is 5.56. The van der Waals surface area contributed by atoms with Gasteiger partial charge in [-0.25, -0.2) is 0 Å². The van der Waals surface area contributed by atoms with E-state index in [1.54, 1.807) is 6.07 Å². The molecule has 0 saturated heterocycles. The van der Waals surface area contributed by atoms with Crippen molar-refractivity contribution in [3.63, 3.8) is 0 Å². The normalized spacial score (nSPS) is 11.2. The Balaban J connectivity index is 2.61. The van der Waals surface area contributed by atoms with Gasteiger partial charge in [0.2, 0.25) is 0 Å². The smallest absolute Gasteiger partial charge is 0.265 e. The summed E-state index contributed by atoms with van der Waals surface area (Å²) in [5.74, 6) is -0.834. The van der Waals surface area contributed by atoms with Crippen LogP contribution in [0.2, 0.25) is 0 Å². The van der Waals surface area contributed by atoms with Crippen LogP contribution in [0.4, 0.5) is 0 Å². The van der Waals surface area contributed by atoms with E-state index < -0.39 is 5.91 Å². The third-order valence-electron chi connectivity index (χ3n) is 2.00. The number of nitriles is 1. The molecule has 0 aromatic heterocycles. The highest BCUT2D eigenvalue weighted by Crippen LogP contribution is 2.01. The molecule has 0 aliphatic rings. The molecule has 0 spiro atoms. The van der Waals surface area contributed by atoms with Crippen LogP contribution in [0.1, 0.15) is 12.5 Å². The molecule has 0 bridgehead atoms. The lowest BCUT2D eigenvalue weighted by atomic mass is 10.2. The first-order valence-electron chi connectivity index (χ1n) is 4.77. The number of carbonyl (C=O) groups excluding carboxylic acids is 1. The molecular weight excluding hydrogens is 204 g/mol. The first kappa shape index (κ1) is 11.8. The highest BCUT2D eigenvalue weighted by Gasteiger charge is 2.11. The van der Waals surface area contributed by atoms with Crippen LogP contribution >= 0.6 is 0 Å². The maximum absolute atomic E-state index is 11.4. The lowest BCUT2D eigenvalue weighted by Gasteiger charge is -2.04. The van der Waals surface area contributed by atoms with E-state index in [2.05, 4.69) is 5.32 Å². The summed E-state index contributed by atoms with van der Waals surface area (Å²) in [5.41, 5.74) is 0.680. The number of aliphatic hydroxyl groups excluding tert-OH is 1. The fourth-order valence-corrected chi connectivity index (χ4v) is 1.16. The number of allylic oxidation sites excluding steroid dienone is 1. The molecule has 1 rings (SSSR count). The molecule has 0 aliphatic heterocycles. The Morgan fingerprint density at radius 3 is 2.56 bits per heavy atom. The van der Waals surface area contributed by atoms with E-state index in [-0.39, 0.29) is 11.3 Å². The van der Waals surface area contributed by atoms with Crippen molar-refractivity contribution >= 4 is 5.91 Å². The second-order valence-corrected chi connectivity index (χ2v) is 3.24. The van der Waals surface area contributed by atoms with Crippen molar-refractivity contribution in [2.45, 2.75) is 13.5 Å². The van der Waals surface area contributed by atoms with Gasteiger partial charge in [-0.1, -0.05) is 30.3 Å². The Hall–Kier alpha value is -2.28. The number of carbonyl (C=O) groups is 1. The van der Waals surface area contributed by atoms with Gasteiger partial charge in [0.1, 0.15) is 11.8 Å². The summed E-state index contributed by atoms with van der Waals surface area (Å²) in [7, 11) is 0. The van der Waals surface area contributed by atoms with E-state index in [1.165, 1.54) is 6.92 Å². The fourth-order valence-electron chi connectivity index (χ4n) is 1.16. The molecule has 82 valence electrons. The van der Waals surface area contributed by atoms with Crippen LogP contribution in [0, 0.1) is 11.3 Å². The highest BCUT2D eigenvalue weighted by molar-refractivity contribution is 5.97. The lowest BCUT2D eigenvalue weighted by molar-refractivity contribution is -0.117. The van der Waals surface area contributed by atoms with Gasteiger partial charge in [-0.15, -0.1) is 0 Å². The molecule has 16 heavy (non-hydrogen) atoms. The maximum atomic E-state index is 11.4. The lowest BCUT2D eigenvalue weighted by Crippen LogP contribution is -2.24. The van der Waals surface area contributed by atoms with E-state index in [1.807, 2.05) is 30.3 Å². The summed E-state index contributed by atoms with van der Waals surface area (Å²) in [6.07, 6.45) is 0. The molecule has 0 radical (unpaired) electrons. The van der Waals surface area contributed by atoms with Crippen LogP contribution in [-0.4, -0.2) is 11.0 Å². The number of amides is 1. The SMILES string of the molecule is C/C(O)=C(/C#N)C(=O)NCc1ccccc1. The van der Waals surface area contributed by atoms with Gasteiger partial charge in [0.25, 0.3) is 5.91 Å². The molecule has 1 aromatic rings. The number of hydrogen-bond donors (Lipinski definition) is 2.